The summed E-state index contributed by atoms with van der Waals surface area (Å²) in [6.07, 6.45) is 7.04. The van der Waals surface area contributed by atoms with Crippen molar-refractivity contribution in [2.75, 3.05) is 6.54 Å². The van der Waals surface area contributed by atoms with Gasteiger partial charge in [-0.05, 0) is 72.7 Å². The highest BCUT2D eigenvalue weighted by Gasteiger charge is 2.60. The van der Waals surface area contributed by atoms with Gasteiger partial charge < -0.3 is 5.32 Å². The third-order valence-electron chi connectivity index (χ3n) is 5.91. The number of aryl methyl sites for hydroxylation is 1. The molecule has 1 atom stereocenters. The van der Waals surface area contributed by atoms with E-state index in [0.29, 0.717) is 13.0 Å². The van der Waals surface area contributed by atoms with Crippen LogP contribution >= 0.6 is 0 Å². The first-order valence-corrected chi connectivity index (χ1v) is 10.3. The molecule has 1 fully saturated rings. The van der Waals surface area contributed by atoms with E-state index in [4.69, 9.17) is 0 Å². The van der Waals surface area contributed by atoms with Crippen LogP contribution in [0.3, 0.4) is 0 Å². The van der Waals surface area contributed by atoms with Crippen LogP contribution in [0.15, 0.2) is 73.1 Å². The quantitative estimate of drug-likeness (QED) is 0.546. The molecule has 1 heterocycles. The molecule has 0 aliphatic heterocycles. The summed E-state index contributed by atoms with van der Waals surface area (Å²) >= 11 is 0. The summed E-state index contributed by atoms with van der Waals surface area (Å²) in [5, 5.41) is 3.05. The summed E-state index contributed by atoms with van der Waals surface area (Å²) in [5.41, 5.74) is 2.43. The Morgan fingerprint density at radius 1 is 0.967 bits per heavy atom. The van der Waals surface area contributed by atoms with Gasteiger partial charge in [-0.3, -0.25) is 9.78 Å². The number of nitrogens with zero attached hydrogens (tertiary/aromatic N) is 1. The summed E-state index contributed by atoms with van der Waals surface area (Å²) < 4.78 is 26.9. The first kappa shape index (κ1) is 20.2. The Balaban J connectivity index is 1.39. The smallest absolute Gasteiger partial charge is 0.224 e. The fourth-order valence-corrected chi connectivity index (χ4v) is 4.21. The van der Waals surface area contributed by atoms with E-state index in [1.165, 1.54) is 29.8 Å². The monoisotopic (exact) mass is 406 g/mol. The van der Waals surface area contributed by atoms with Crippen LogP contribution in [0.5, 0.6) is 0 Å². The van der Waals surface area contributed by atoms with E-state index in [2.05, 4.69) is 16.4 Å². The highest BCUT2D eigenvalue weighted by molar-refractivity contribution is 5.86. The van der Waals surface area contributed by atoms with Gasteiger partial charge in [0.2, 0.25) is 5.91 Å². The van der Waals surface area contributed by atoms with Crippen molar-refractivity contribution in [2.45, 2.75) is 31.1 Å². The molecular weight excluding hydrogens is 382 g/mol. The average Bonchev–Trinajstić information content (AvgIpc) is 3.52. The van der Waals surface area contributed by atoms with Gasteiger partial charge in [0, 0.05) is 24.4 Å². The van der Waals surface area contributed by atoms with Gasteiger partial charge in [0.25, 0.3) is 0 Å². The standard InChI is InChI=1S/C25H24F2N2O/c26-21-10-6-19(7-11-21)25(20-8-12-22(27)13-9-20)16-23(25)24(30)29-15-2-1-4-18-5-3-14-28-17-18/h3,5-14,17,23H,1-2,4,15-16H2,(H,29,30). The zero-order valence-electron chi connectivity index (χ0n) is 16.7. The molecule has 1 aliphatic carbocycles. The van der Waals surface area contributed by atoms with Crippen molar-refractivity contribution < 1.29 is 13.6 Å². The van der Waals surface area contributed by atoms with Crippen LogP contribution in [-0.2, 0) is 16.6 Å². The number of aromatic nitrogens is 1. The second-order valence-electron chi connectivity index (χ2n) is 7.85. The lowest BCUT2D eigenvalue weighted by Crippen LogP contribution is -2.30. The average molecular weight is 406 g/mol. The molecule has 3 aromatic rings. The van der Waals surface area contributed by atoms with Crippen LogP contribution in [0, 0.1) is 17.6 Å². The second kappa shape index (κ2) is 8.74. The summed E-state index contributed by atoms with van der Waals surface area (Å²) in [7, 11) is 0. The van der Waals surface area contributed by atoms with Gasteiger partial charge >= 0.3 is 0 Å². The largest absolute Gasteiger partial charge is 0.356 e. The van der Waals surface area contributed by atoms with Crippen molar-refractivity contribution in [2.24, 2.45) is 5.92 Å². The number of hydrogen-bond donors (Lipinski definition) is 1. The van der Waals surface area contributed by atoms with Crippen molar-refractivity contribution in [1.29, 1.82) is 0 Å². The summed E-state index contributed by atoms with van der Waals surface area (Å²) in [4.78, 5) is 17.0. The first-order valence-electron chi connectivity index (χ1n) is 10.3. The molecule has 3 nitrogen and oxygen atoms in total. The topological polar surface area (TPSA) is 42.0 Å². The second-order valence-corrected chi connectivity index (χ2v) is 7.85. The van der Waals surface area contributed by atoms with Gasteiger partial charge in [0.1, 0.15) is 11.6 Å². The Labute approximate surface area is 175 Å². The van der Waals surface area contributed by atoms with Crippen molar-refractivity contribution in [3.63, 3.8) is 0 Å². The molecule has 0 bridgehead atoms. The molecule has 0 radical (unpaired) electrons. The van der Waals surface area contributed by atoms with Crippen molar-refractivity contribution in [1.82, 2.24) is 10.3 Å². The Bertz CT molecular complexity index is 942. The van der Waals surface area contributed by atoms with Crippen molar-refractivity contribution >= 4 is 5.91 Å². The highest BCUT2D eigenvalue weighted by atomic mass is 19.1. The van der Waals surface area contributed by atoms with Crippen LogP contribution in [-0.4, -0.2) is 17.4 Å². The number of unbranched alkanes of at least 4 members (excludes halogenated alkanes) is 1. The van der Waals surface area contributed by atoms with E-state index in [1.807, 2.05) is 12.3 Å². The number of amides is 1. The fourth-order valence-electron chi connectivity index (χ4n) is 4.21. The molecule has 1 N–H and O–H groups in total. The number of nitrogens with one attached hydrogen (secondary N) is 1. The van der Waals surface area contributed by atoms with Gasteiger partial charge in [-0.15, -0.1) is 0 Å². The van der Waals surface area contributed by atoms with Gasteiger partial charge in [0.05, 0.1) is 5.92 Å². The number of carbonyl (C=O) groups is 1. The Morgan fingerprint density at radius 2 is 1.60 bits per heavy atom. The summed E-state index contributed by atoms with van der Waals surface area (Å²) in [6, 6.07) is 16.5. The van der Waals surface area contributed by atoms with E-state index < -0.39 is 5.41 Å². The van der Waals surface area contributed by atoms with Crippen LogP contribution < -0.4 is 5.32 Å². The normalized spacial score (nSPS) is 16.8. The molecule has 4 rings (SSSR count). The Morgan fingerprint density at radius 3 is 2.17 bits per heavy atom. The van der Waals surface area contributed by atoms with E-state index in [-0.39, 0.29) is 23.5 Å². The number of carbonyl (C=O) groups excluding carboxylic acids is 1. The van der Waals surface area contributed by atoms with Crippen LogP contribution in [0.25, 0.3) is 0 Å². The molecule has 1 unspecified atom stereocenters. The molecule has 5 heteroatoms. The third-order valence-corrected chi connectivity index (χ3v) is 5.91. The van der Waals surface area contributed by atoms with E-state index in [1.54, 1.807) is 30.5 Å². The number of rotatable bonds is 8. The molecule has 1 aromatic heterocycles. The molecule has 1 aliphatic rings. The van der Waals surface area contributed by atoms with Crippen LogP contribution in [0.2, 0.25) is 0 Å². The Hall–Kier alpha value is -3.08. The number of pyridine rings is 1. The lowest BCUT2D eigenvalue weighted by molar-refractivity contribution is -0.122. The lowest BCUT2D eigenvalue weighted by atomic mass is 9.85. The Kier molecular flexibility index (Phi) is 5.88. The van der Waals surface area contributed by atoms with E-state index in [9.17, 15) is 13.6 Å². The zero-order chi connectivity index (χ0) is 21.0. The lowest BCUT2D eigenvalue weighted by Gasteiger charge is -2.19. The molecule has 30 heavy (non-hydrogen) atoms. The molecule has 1 amide bonds. The number of hydrogen-bond acceptors (Lipinski definition) is 2. The molecule has 154 valence electrons. The summed E-state index contributed by atoms with van der Waals surface area (Å²) in [6.45, 7) is 0.610. The third kappa shape index (κ3) is 4.25. The van der Waals surface area contributed by atoms with E-state index in [0.717, 1.165) is 30.4 Å². The van der Waals surface area contributed by atoms with Crippen LogP contribution in [0.1, 0.15) is 36.0 Å². The maximum atomic E-state index is 13.4. The predicted octanol–water partition coefficient (Wildman–Crippen LogP) is 4.80. The first-order chi connectivity index (χ1) is 14.6. The van der Waals surface area contributed by atoms with Crippen molar-refractivity contribution in [3.05, 3.63) is 101 Å². The van der Waals surface area contributed by atoms with Crippen LogP contribution in [0.4, 0.5) is 8.78 Å². The minimum Gasteiger partial charge on any atom is -0.356 e. The number of halogens is 2. The minimum atomic E-state index is -0.527. The number of benzene rings is 2. The molecule has 0 spiro atoms. The SMILES string of the molecule is O=C(NCCCCc1cccnc1)C1CC1(c1ccc(F)cc1)c1ccc(F)cc1. The molecule has 1 saturated carbocycles. The van der Waals surface area contributed by atoms with Gasteiger partial charge in [-0.1, -0.05) is 30.3 Å². The maximum absolute atomic E-state index is 13.4. The van der Waals surface area contributed by atoms with E-state index >= 15 is 0 Å². The molecule has 2 aromatic carbocycles. The zero-order valence-corrected chi connectivity index (χ0v) is 16.7. The molecule has 0 saturated heterocycles. The maximum Gasteiger partial charge on any atom is 0.224 e. The van der Waals surface area contributed by atoms with Gasteiger partial charge in [-0.25, -0.2) is 8.78 Å². The highest BCUT2D eigenvalue weighted by Crippen LogP contribution is 2.59. The van der Waals surface area contributed by atoms with Crippen molar-refractivity contribution in [3.8, 4) is 0 Å². The van der Waals surface area contributed by atoms with Gasteiger partial charge in [-0.2, -0.15) is 0 Å². The molecular formula is C25H24F2N2O. The summed E-state index contributed by atoms with van der Waals surface area (Å²) in [5.74, 6) is -0.886. The minimum absolute atomic E-state index is 0.00923. The fraction of sp³-hybridized carbons (Fsp3) is 0.280. The predicted molar refractivity (Wildman–Crippen MR) is 112 cm³/mol. The van der Waals surface area contributed by atoms with Gasteiger partial charge in [0.15, 0.2) is 0 Å².